The molecule has 0 fully saturated rings. The van der Waals surface area contributed by atoms with E-state index in [1.165, 1.54) is 28.8 Å². The van der Waals surface area contributed by atoms with Crippen molar-refractivity contribution in [2.75, 3.05) is 13.6 Å². The van der Waals surface area contributed by atoms with Gasteiger partial charge in [0.05, 0.1) is 6.42 Å². The van der Waals surface area contributed by atoms with Crippen LogP contribution in [0.15, 0.2) is 16.9 Å². The fourth-order valence-corrected chi connectivity index (χ4v) is 1.59. The molecule has 1 N–H and O–H groups in total. The molecule has 1 heterocycles. The van der Waals surface area contributed by atoms with Crippen molar-refractivity contribution in [1.29, 1.82) is 0 Å². The lowest BCUT2D eigenvalue weighted by atomic mass is 10.3. The zero-order valence-electron chi connectivity index (χ0n) is 11.7. The lowest BCUT2D eigenvalue weighted by molar-refractivity contribution is -0.137. The molecule has 0 unspecified atom stereocenters. The maximum Gasteiger partial charge on any atom is 0.305 e. The Balaban J connectivity index is 2.82. The van der Waals surface area contributed by atoms with Crippen molar-refractivity contribution in [3.8, 4) is 0 Å². The number of nitrogens with zero attached hydrogens (tertiary/aromatic N) is 3. The highest BCUT2D eigenvalue weighted by atomic mass is 16.4. The quantitative estimate of drug-likeness (QED) is 0.789. The van der Waals surface area contributed by atoms with E-state index in [4.69, 9.17) is 5.11 Å². The van der Waals surface area contributed by atoms with Crippen molar-refractivity contribution >= 4 is 11.9 Å². The largest absolute Gasteiger partial charge is 0.481 e. The molecule has 0 aliphatic heterocycles. The van der Waals surface area contributed by atoms with Crippen LogP contribution in [0.3, 0.4) is 0 Å². The Bertz CT molecular complexity index is 539. The number of aliphatic carboxylic acids is 1. The number of rotatable bonds is 7. The van der Waals surface area contributed by atoms with Gasteiger partial charge in [0.15, 0.2) is 0 Å². The second kappa shape index (κ2) is 7.42. The zero-order chi connectivity index (χ0) is 15.1. The van der Waals surface area contributed by atoms with Crippen LogP contribution in [0.5, 0.6) is 0 Å². The number of carbonyl (C=O) groups is 2. The number of hydrogen-bond donors (Lipinski definition) is 1. The summed E-state index contributed by atoms with van der Waals surface area (Å²) in [7, 11) is 1.51. The molecule has 0 aliphatic carbocycles. The van der Waals surface area contributed by atoms with E-state index in [1.807, 2.05) is 6.92 Å². The van der Waals surface area contributed by atoms with E-state index < -0.39 is 11.9 Å². The van der Waals surface area contributed by atoms with Crippen molar-refractivity contribution < 1.29 is 14.7 Å². The van der Waals surface area contributed by atoms with Gasteiger partial charge in [-0.1, -0.05) is 13.3 Å². The molecule has 0 bridgehead atoms. The number of carbonyl (C=O) groups excluding carboxylic acids is 1. The van der Waals surface area contributed by atoms with Crippen molar-refractivity contribution in [1.82, 2.24) is 14.7 Å². The van der Waals surface area contributed by atoms with Crippen LogP contribution in [-0.2, 0) is 11.3 Å². The van der Waals surface area contributed by atoms with Gasteiger partial charge in [-0.15, -0.1) is 0 Å². The number of aromatic nitrogens is 2. The number of carboxylic acid groups (broad SMARTS) is 1. The summed E-state index contributed by atoms with van der Waals surface area (Å²) >= 11 is 0. The van der Waals surface area contributed by atoms with E-state index >= 15 is 0 Å². The third kappa shape index (κ3) is 4.49. The summed E-state index contributed by atoms with van der Waals surface area (Å²) in [5.41, 5.74) is -0.100. The average Bonchev–Trinajstić information content (AvgIpc) is 2.43. The summed E-state index contributed by atoms with van der Waals surface area (Å²) in [6.07, 6.45) is 1.60. The number of carboxylic acids is 1. The molecule has 0 saturated carbocycles. The summed E-state index contributed by atoms with van der Waals surface area (Å²) in [6, 6.07) is 2.67. The van der Waals surface area contributed by atoms with Crippen LogP contribution in [-0.4, -0.2) is 45.3 Å². The number of aryl methyl sites for hydroxylation is 1. The smallest absolute Gasteiger partial charge is 0.305 e. The Morgan fingerprint density at radius 3 is 2.70 bits per heavy atom. The molecule has 7 nitrogen and oxygen atoms in total. The molecular weight excluding hydrogens is 262 g/mol. The minimum atomic E-state index is -0.967. The number of hydrogen-bond acceptors (Lipinski definition) is 4. The average molecular weight is 281 g/mol. The molecular formula is C13H19N3O4. The second-order valence-electron chi connectivity index (χ2n) is 4.50. The molecule has 1 aromatic rings. The van der Waals surface area contributed by atoms with Gasteiger partial charge in [-0.05, 0) is 12.5 Å². The second-order valence-corrected chi connectivity index (χ2v) is 4.50. The molecule has 0 radical (unpaired) electrons. The maximum atomic E-state index is 12.0. The summed E-state index contributed by atoms with van der Waals surface area (Å²) in [5, 5.41) is 12.6. The standard InChI is InChI=1S/C13H19N3O4/c1-3-4-8-16-11(17)6-5-10(14-16)13(20)15(2)9-7-12(18)19/h5-6H,3-4,7-9H2,1-2H3,(H,18,19). The molecule has 1 amide bonds. The van der Waals surface area contributed by atoms with Crippen molar-refractivity contribution in [3.05, 3.63) is 28.2 Å². The Morgan fingerprint density at radius 2 is 2.10 bits per heavy atom. The van der Waals surface area contributed by atoms with Gasteiger partial charge in [0.25, 0.3) is 11.5 Å². The van der Waals surface area contributed by atoms with Crippen LogP contribution < -0.4 is 5.56 Å². The summed E-state index contributed by atoms with van der Waals surface area (Å²) in [4.78, 5) is 35.4. The van der Waals surface area contributed by atoms with Crippen LogP contribution in [0.2, 0.25) is 0 Å². The fraction of sp³-hybridized carbons (Fsp3) is 0.538. The van der Waals surface area contributed by atoms with Gasteiger partial charge in [0, 0.05) is 26.2 Å². The van der Waals surface area contributed by atoms with E-state index in [1.54, 1.807) is 0 Å². The Labute approximate surface area is 116 Å². The highest BCUT2D eigenvalue weighted by Gasteiger charge is 2.15. The summed E-state index contributed by atoms with van der Waals surface area (Å²) in [6.45, 7) is 2.57. The molecule has 1 rings (SSSR count). The minimum Gasteiger partial charge on any atom is -0.481 e. The van der Waals surface area contributed by atoms with Crippen LogP contribution in [0, 0.1) is 0 Å². The molecule has 1 aromatic heterocycles. The van der Waals surface area contributed by atoms with Gasteiger partial charge >= 0.3 is 5.97 Å². The van der Waals surface area contributed by atoms with Crippen molar-refractivity contribution in [2.45, 2.75) is 32.7 Å². The molecule has 0 atom stereocenters. The SMILES string of the molecule is CCCCn1nc(C(=O)N(C)CCC(=O)O)ccc1=O. The van der Waals surface area contributed by atoms with Crippen LogP contribution in [0.25, 0.3) is 0 Å². The maximum absolute atomic E-state index is 12.0. The first kappa shape index (κ1) is 15.9. The van der Waals surface area contributed by atoms with Gasteiger partial charge in [0.1, 0.15) is 5.69 Å². The lowest BCUT2D eigenvalue weighted by Crippen LogP contribution is -2.32. The zero-order valence-corrected chi connectivity index (χ0v) is 11.7. The Morgan fingerprint density at radius 1 is 1.40 bits per heavy atom. The van der Waals surface area contributed by atoms with E-state index in [0.717, 1.165) is 12.8 Å². The summed E-state index contributed by atoms with van der Waals surface area (Å²) in [5.74, 6) is -1.36. The first-order valence-corrected chi connectivity index (χ1v) is 6.51. The normalized spacial score (nSPS) is 10.3. The molecule has 7 heteroatoms. The molecule has 110 valence electrons. The van der Waals surface area contributed by atoms with Gasteiger partial charge in [-0.3, -0.25) is 14.4 Å². The highest BCUT2D eigenvalue weighted by Crippen LogP contribution is 2.00. The third-order valence-corrected chi connectivity index (χ3v) is 2.82. The van der Waals surface area contributed by atoms with Gasteiger partial charge in [-0.2, -0.15) is 5.10 Å². The van der Waals surface area contributed by atoms with E-state index in [-0.39, 0.29) is 24.2 Å². The topological polar surface area (TPSA) is 92.5 Å². The number of unbranched alkanes of at least 4 members (excludes halogenated alkanes) is 1. The van der Waals surface area contributed by atoms with Crippen LogP contribution in [0.4, 0.5) is 0 Å². The minimum absolute atomic E-state index is 0.101. The molecule has 0 aromatic carbocycles. The Kier molecular flexibility index (Phi) is 5.89. The number of amides is 1. The van der Waals surface area contributed by atoms with E-state index in [0.29, 0.717) is 6.54 Å². The first-order chi connectivity index (χ1) is 9.45. The van der Waals surface area contributed by atoms with Gasteiger partial charge in [-0.25, -0.2) is 4.68 Å². The fourth-order valence-electron chi connectivity index (χ4n) is 1.59. The summed E-state index contributed by atoms with van der Waals surface area (Å²) < 4.78 is 1.27. The van der Waals surface area contributed by atoms with Crippen LogP contribution >= 0.6 is 0 Å². The predicted octanol–water partition coefficient (Wildman–Crippen LogP) is 0.590. The van der Waals surface area contributed by atoms with E-state index in [2.05, 4.69) is 5.10 Å². The molecule has 20 heavy (non-hydrogen) atoms. The predicted molar refractivity (Wildman–Crippen MR) is 72.6 cm³/mol. The lowest BCUT2D eigenvalue weighted by Gasteiger charge is -2.15. The van der Waals surface area contributed by atoms with Crippen molar-refractivity contribution in [3.63, 3.8) is 0 Å². The molecule has 0 saturated heterocycles. The third-order valence-electron chi connectivity index (χ3n) is 2.82. The van der Waals surface area contributed by atoms with Gasteiger partial charge < -0.3 is 10.0 Å². The monoisotopic (exact) mass is 281 g/mol. The molecule has 0 aliphatic rings. The van der Waals surface area contributed by atoms with Gasteiger partial charge in [0.2, 0.25) is 0 Å². The first-order valence-electron chi connectivity index (χ1n) is 6.51. The molecule has 0 spiro atoms. The van der Waals surface area contributed by atoms with Crippen molar-refractivity contribution in [2.24, 2.45) is 0 Å². The Hall–Kier alpha value is -2.18. The van der Waals surface area contributed by atoms with Crippen LogP contribution in [0.1, 0.15) is 36.7 Å². The van der Waals surface area contributed by atoms with E-state index in [9.17, 15) is 14.4 Å². The highest BCUT2D eigenvalue weighted by molar-refractivity contribution is 5.92.